The topological polar surface area (TPSA) is 97.6 Å². The standard InChI is InChI=1S/C17H24N4O4S/c1-13-19-20-17(25-13)12-21-9-3-4-14(11-21)10-18-26(22,23)16-7-5-15(24-2)6-8-16/h5-8,14,18H,3-4,9-12H2,1-2H3. The van der Waals surface area contributed by atoms with Crippen LogP contribution >= 0.6 is 0 Å². The zero-order chi connectivity index (χ0) is 18.6. The summed E-state index contributed by atoms with van der Waals surface area (Å²) in [5, 5.41) is 7.87. The fourth-order valence-corrected chi connectivity index (χ4v) is 4.24. The number of ether oxygens (including phenoxy) is 1. The first-order chi connectivity index (χ1) is 12.5. The molecule has 8 nitrogen and oxygen atoms in total. The lowest BCUT2D eigenvalue weighted by atomic mass is 9.98. The molecule has 0 saturated carbocycles. The molecule has 3 rings (SSSR count). The zero-order valence-electron chi connectivity index (χ0n) is 15.0. The SMILES string of the molecule is COc1ccc(S(=O)(=O)NCC2CCCN(Cc3nnc(C)o3)C2)cc1. The molecule has 1 aromatic heterocycles. The molecule has 26 heavy (non-hydrogen) atoms. The van der Waals surface area contributed by atoms with Crippen molar-refractivity contribution in [2.24, 2.45) is 5.92 Å². The second kappa shape index (κ2) is 8.15. The number of piperidine rings is 1. The minimum atomic E-state index is -3.52. The number of hydrogen-bond acceptors (Lipinski definition) is 7. The van der Waals surface area contributed by atoms with E-state index in [2.05, 4.69) is 19.8 Å². The van der Waals surface area contributed by atoms with Gasteiger partial charge in [0.25, 0.3) is 0 Å². The predicted octanol–water partition coefficient (Wildman–Crippen LogP) is 1.58. The molecular weight excluding hydrogens is 356 g/mol. The Morgan fingerprint density at radius 1 is 1.31 bits per heavy atom. The smallest absolute Gasteiger partial charge is 0.240 e. The lowest BCUT2D eigenvalue weighted by Crippen LogP contribution is -2.40. The Hall–Kier alpha value is -1.97. The lowest BCUT2D eigenvalue weighted by Gasteiger charge is -2.31. The summed E-state index contributed by atoms with van der Waals surface area (Å²) in [5.41, 5.74) is 0. The summed E-state index contributed by atoms with van der Waals surface area (Å²) in [4.78, 5) is 2.47. The van der Waals surface area contributed by atoms with Crippen LogP contribution in [0.15, 0.2) is 33.6 Å². The Labute approximate surface area is 153 Å². The molecule has 2 aromatic rings. The molecule has 1 aliphatic rings. The third kappa shape index (κ3) is 4.80. The average Bonchev–Trinajstić information content (AvgIpc) is 3.05. The number of hydrogen-bond donors (Lipinski definition) is 1. The molecule has 2 heterocycles. The summed E-state index contributed by atoms with van der Waals surface area (Å²) in [5.74, 6) is 2.03. The number of benzene rings is 1. The van der Waals surface area contributed by atoms with Crippen LogP contribution in [0.3, 0.4) is 0 Å². The molecule has 1 aliphatic heterocycles. The first kappa shape index (κ1) is 18.8. The van der Waals surface area contributed by atoms with E-state index >= 15 is 0 Å². The first-order valence-electron chi connectivity index (χ1n) is 8.61. The van der Waals surface area contributed by atoms with E-state index in [0.29, 0.717) is 30.6 Å². The molecule has 1 N–H and O–H groups in total. The fraction of sp³-hybridized carbons (Fsp3) is 0.529. The number of methoxy groups -OCH3 is 1. The van der Waals surface area contributed by atoms with Gasteiger partial charge >= 0.3 is 0 Å². The van der Waals surface area contributed by atoms with Crippen LogP contribution in [0.2, 0.25) is 0 Å². The van der Waals surface area contributed by atoms with E-state index in [0.717, 1.165) is 25.9 Å². The summed E-state index contributed by atoms with van der Waals surface area (Å²) in [6.07, 6.45) is 2.01. The van der Waals surface area contributed by atoms with Crippen molar-refractivity contribution in [2.45, 2.75) is 31.2 Å². The minimum Gasteiger partial charge on any atom is -0.497 e. The normalized spacial score (nSPS) is 18.8. The number of aryl methyl sites for hydroxylation is 1. The van der Waals surface area contributed by atoms with Gasteiger partial charge in [0.15, 0.2) is 0 Å². The van der Waals surface area contributed by atoms with Gasteiger partial charge in [0.2, 0.25) is 21.8 Å². The number of nitrogens with one attached hydrogen (secondary N) is 1. The minimum absolute atomic E-state index is 0.243. The number of aromatic nitrogens is 2. The van der Waals surface area contributed by atoms with Gasteiger partial charge in [-0.2, -0.15) is 0 Å². The summed E-state index contributed by atoms with van der Waals surface area (Å²) in [6, 6.07) is 6.38. The van der Waals surface area contributed by atoms with Crippen molar-refractivity contribution in [3.8, 4) is 5.75 Å². The molecule has 0 aliphatic carbocycles. The lowest BCUT2D eigenvalue weighted by molar-refractivity contribution is 0.155. The van der Waals surface area contributed by atoms with Crippen LogP contribution in [0.25, 0.3) is 0 Å². The number of nitrogens with zero attached hydrogens (tertiary/aromatic N) is 3. The molecule has 1 saturated heterocycles. The summed E-state index contributed by atoms with van der Waals surface area (Å²) < 4.78 is 38.1. The van der Waals surface area contributed by atoms with Crippen molar-refractivity contribution in [1.82, 2.24) is 19.8 Å². The molecule has 0 amide bonds. The number of rotatable bonds is 7. The van der Waals surface area contributed by atoms with Crippen LogP contribution in [0.4, 0.5) is 0 Å². The van der Waals surface area contributed by atoms with E-state index in [9.17, 15) is 8.42 Å². The van der Waals surface area contributed by atoms with Crippen LogP contribution in [0.1, 0.15) is 24.6 Å². The molecular formula is C17H24N4O4S. The van der Waals surface area contributed by atoms with E-state index in [1.54, 1.807) is 38.3 Å². The van der Waals surface area contributed by atoms with Gasteiger partial charge in [-0.1, -0.05) is 0 Å². The third-order valence-electron chi connectivity index (χ3n) is 4.46. The zero-order valence-corrected chi connectivity index (χ0v) is 15.8. The molecule has 0 bridgehead atoms. The van der Waals surface area contributed by atoms with E-state index in [1.807, 2.05) is 0 Å². The van der Waals surface area contributed by atoms with Crippen molar-refractivity contribution in [3.05, 3.63) is 36.0 Å². The van der Waals surface area contributed by atoms with E-state index in [1.165, 1.54) is 0 Å². The fourth-order valence-electron chi connectivity index (χ4n) is 3.12. The molecule has 1 aromatic carbocycles. The van der Waals surface area contributed by atoms with Gasteiger partial charge in [-0.25, -0.2) is 13.1 Å². The van der Waals surface area contributed by atoms with Gasteiger partial charge in [0, 0.05) is 20.0 Å². The quantitative estimate of drug-likeness (QED) is 0.779. The largest absolute Gasteiger partial charge is 0.497 e. The van der Waals surface area contributed by atoms with E-state index in [4.69, 9.17) is 9.15 Å². The summed E-state index contributed by atoms with van der Waals surface area (Å²) in [6.45, 7) is 4.52. The van der Waals surface area contributed by atoms with Crippen LogP contribution in [-0.2, 0) is 16.6 Å². The van der Waals surface area contributed by atoms with Gasteiger partial charge < -0.3 is 9.15 Å². The maximum Gasteiger partial charge on any atom is 0.240 e. The Morgan fingerprint density at radius 2 is 2.08 bits per heavy atom. The van der Waals surface area contributed by atoms with Gasteiger partial charge in [0.05, 0.1) is 18.6 Å². The molecule has 1 fully saturated rings. The molecule has 1 unspecified atom stereocenters. The second-order valence-electron chi connectivity index (χ2n) is 6.49. The Balaban J connectivity index is 1.54. The van der Waals surface area contributed by atoms with Crippen molar-refractivity contribution in [3.63, 3.8) is 0 Å². The van der Waals surface area contributed by atoms with Crippen molar-refractivity contribution in [1.29, 1.82) is 0 Å². The maximum absolute atomic E-state index is 12.5. The summed E-state index contributed by atoms with van der Waals surface area (Å²) >= 11 is 0. The Kier molecular flexibility index (Phi) is 5.90. The molecule has 0 radical (unpaired) electrons. The Bertz CT molecular complexity index is 820. The predicted molar refractivity (Wildman–Crippen MR) is 95.2 cm³/mol. The highest BCUT2D eigenvalue weighted by Gasteiger charge is 2.23. The Morgan fingerprint density at radius 3 is 2.73 bits per heavy atom. The van der Waals surface area contributed by atoms with Crippen molar-refractivity contribution >= 4 is 10.0 Å². The van der Waals surface area contributed by atoms with Crippen LogP contribution in [-0.4, -0.2) is 50.3 Å². The van der Waals surface area contributed by atoms with Gasteiger partial charge in [-0.15, -0.1) is 10.2 Å². The molecule has 1 atom stereocenters. The highest BCUT2D eigenvalue weighted by Crippen LogP contribution is 2.19. The maximum atomic E-state index is 12.5. The van der Waals surface area contributed by atoms with E-state index < -0.39 is 10.0 Å². The first-order valence-corrected chi connectivity index (χ1v) is 10.1. The highest BCUT2D eigenvalue weighted by atomic mass is 32.2. The summed E-state index contributed by atoms with van der Waals surface area (Å²) in [7, 11) is -1.97. The average molecular weight is 380 g/mol. The van der Waals surface area contributed by atoms with Crippen LogP contribution < -0.4 is 9.46 Å². The second-order valence-corrected chi connectivity index (χ2v) is 8.25. The number of likely N-dealkylation sites (tertiary alicyclic amines) is 1. The van der Waals surface area contributed by atoms with Gasteiger partial charge in [-0.05, 0) is 49.6 Å². The molecule has 9 heteroatoms. The van der Waals surface area contributed by atoms with Crippen molar-refractivity contribution < 1.29 is 17.6 Å². The van der Waals surface area contributed by atoms with Crippen molar-refractivity contribution in [2.75, 3.05) is 26.7 Å². The van der Waals surface area contributed by atoms with Crippen LogP contribution in [0.5, 0.6) is 5.75 Å². The van der Waals surface area contributed by atoms with E-state index in [-0.39, 0.29) is 10.8 Å². The monoisotopic (exact) mass is 380 g/mol. The highest BCUT2D eigenvalue weighted by molar-refractivity contribution is 7.89. The molecule has 0 spiro atoms. The number of sulfonamides is 1. The van der Waals surface area contributed by atoms with Gasteiger partial charge in [0.1, 0.15) is 5.75 Å². The third-order valence-corrected chi connectivity index (χ3v) is 5.90. The van der Waals surface area contributed by atoms with Crippen LogP contribution in [0, 0.1) is 12.8 Å². The van der Waals surface area contributed by atoms with Gasteiger partial charge in [-0.3, -0.25) is 4.90 Å². The molecule has 142 valence electrons.